The summed E-state index contributed by atoms with van der Waals surface area (Å²) in [6.45, 7) is 0. The third kappa shape index (κ3) is 2.98. The van der Waals surface area contributed by atoms with Crippen LogP contribution in [-0.4, -0.2) is 11.9 Å². The van der Waals surface area contributed by atoms with Crippen LogP contribution in [0.15, 0.2) is 50.9 Å². The van der Waals surface area contributed by atoms with E-state index in [9.17, 15) is 0 Å². The van der Waals surface area contributed by atoms with E-state index in [1.807, 2.05) is 36.4 Å². The summed E-state index contributed by atoms with van der Waals surface area (Å²) in [7, 11) is 0. The zero-order valence-corrected chi connectivity index (χ0v) is 11.1. The number of guanidine groups is 2. The van der Waals surface area contributed by atoms with Crippen molar-refractivity contribution in [2.75, 3.05) is 0 Å². The molecular weight excluding hydrogens is 294 g/mol. The first-order chi connectivity index (χ1) is 8.54. The molecule has 0 saturated heterocycles. The second-order valence-electron chi connectivity index (χ2n) is 3.68. The van der Waals surface area contributed by atoms with Gasteiger partial charge in [0.1, 0.15) is 0 Å². The third-order valence-electron chi connectivity index (χ3n) is 2.27. The molecule has 0 atom stereocenters. The predicted molar refractivity (Wildman–Crippen MR) is 78.7 cm³/mol. The van der Waals surface area contributed by atoms with E-state index in [-0.39, 0.29) is 11.9 Å². The van der Waals surface area contributed by atoms with Crippen LogP contribution in [0.25, 0.3) is 10.8 Å². The number of hydrogen-bond acceptors (Lipinski definition) is 1. The molecule has 6 N–H and O–H groups in total. The average molecular weight is 306 g/mol. The van der Waals surface area contributed by atoms with Crippen molar-refractivity contribution >= 4 is 44.3 Å². The van der Waals surface area contributed by atoms with E-state index >= 15 is 0 Å². The molecule has 0 amide bonds. The molecular formula is C12H12BrN5. The molecule has 0 bridgehead atoms. The number of hydrogen-bond donors (Lipinski definition) is 3. The Labute approximate surface area is 113 Å². The summed E-state index contributed by atoms with van der Waals surface area (Å²) in [5, 5.41) is 2.18. The molecule has 0 unspecified atom stereocenters. The zero-order valence-electron chi connectivity index (χ0n) is 9.47. The molecule has 2 aromatic carbocycles. The van der Waals surface area contributed by atoms with E-state index in [1.54, 1.807) is 0 Å². The van der Waals surface area contributed by atoms with Crippen LogP contribution in [0.4, 0.5) is 5.69 Å². The quantitative estimate of drug-likeness (QED) is 0.553. The van der Waals surface area contributed by atoms with Crippen LogP contribution in [0.2, 0.25) is 0 Å². The summed E-state index contributed by atoms with van der Waals surface area (Å²) in [4.78, 5) is 7.77. The van der Waals surface area contributed by atoms with Crippen molar-refractivity contribution in [3.8, 4) is 0 Å². The van der Waals surface area contributed by atoms with Crippen LogP contribution in [0.5, 0.6) is 0 Å². The molecule has 2 aromatic rings. The number of nitrogens with zero attached hydrogens (tertiary/aromatic N) is 2. The number of halogens is 1. The molecule has 6 heteroatoms. The van der Waals surface area contributed by atoms with E-state index in [2.05, 4.69) is 25.9 Å². The fourth-order valence-electron chi connectivity index (χ4n) is 1.56. The highest BCUT2D eigenvalue weighted by Gasteiger charge is 1.97. The minimum atomic E-state index is -0.110. The van der Waals surface area contributed by atoms with Crippen LogP contribution >= 0.6 is 15.9 Å². The van der Waals surface area contributed by atoms with Gasteiger partial charge in [0.05, 0.1) is 5.69 Å². The van der Waals surface area contributed by atoms with Gasteiger partial charge in [-0.05, 0) is 35.0 Å². The number of nitrogens with two attached hydrogens (primary N) is 3. The Bertz CT molecular complexity index is 644. The fraction of sp³-hybridized carbons (Fsp3) is 0. The number of fused-ring (bicyclic) bond motifs is 1. The van der Waals surface area contributed by atoms with Gasteiger partial charge in [-0.3, -0.25) is 0 Å². The predicted octanol–water partition coefficient (Wildman–Crippen LogP) is 1.82. The van der Waals surface area contributed by atoms with Crippen molar-refractivity contribution in [1.82, 2.24) is 0 Å². The van der Waals surface area contributed by atoms with E-state index in [1.165, 1.54) is 0 Å². The monoisotopic (exact) mass is 305 g/mol. The Kier molecular flexibility index (Phi) is 3.47. The van der Waals surface area contributed by atoms with Crippen LogP contribution in [0.1, 0.15) is 0 Å². The first-order valence-electron chi connectivity index (χ1n) is 5.18. The first kappa shape index (κ1) is 12.4. The van der Waals surface area contributed by atoms with Gasteiger partial charge in [0.25, 0.3) is 0 Å². The van der Waals surface area contributed by atoms with Crippen LogP contribution in [0, 0.1) is 0 Å². The van der Waals surface area contributed by atoms with Gasteiger partial charge in [0, 0.05) is 4.47 Å². The van der Waals surface area contributed by atoms with Crippen molar-refractivity contribution in [1.29, 1.82) is 0 Å². The smallest absolute Gasteiger partial charge is 0.223 e. The highest BCUT2D eigenvalue weighted by Crippen LogP contribution is 2.24. The number of rotatable bonds is 1. The zero-order chi connectivity index (χ0) is 13.1. The highest BCUT2D eigenvalue weighted by atomic mass is 79.9. The summed E-state index contributed by atoms with van der Waals surface area (Å²) in [5.41, 5.74) is 16.7. The van der Waals surface area contributed by atoms with Gasteiger partial charge in [0.2, 0.25) is 5.96 Å². The molecule has 0 aromatic heterocycles. The minimum Gasteiger partial charge on any atom is -0.370 e. The van der Waals surface area contributed by atoms with Crippen LogP contribution < -0.4 is 17.2 Å². The Morgan fingerprint density at radius 1 is 0.944 bits per heavy atom. The van der Waals surface area contributed by atoms with Crippen molar-refractivity contribution in [3.05, 3.63) is 40.9 Å². The maximum atomic E-state index is 5.57. The molecule has 0 saturated carbocycles. The minimum absolute atomic E-state index is 0.0338. The maximum absolute atomic E-state index is 5.57. The molecule has 2 rings (SSSR count). The third-order valence-corrected chi connectivity index (χ3v) is 2.77. The van der Waals surface area contributed by atoms with Gasteiger partial charge in [-0.1, -0.05) is 28.1 Å². The molecule has 0 aliphatic rings. The molecule has 0 aliphatic carbocycles. The van der Waals surface area contributed by atoms with E-state index in [0.717, 1.165) is 15.2 Å². The lowest BCUT2D eigenvalue weighted by atomic mass is 10.1. The molecule has 5 nitrogen and oxygen atoms in total. The number of aliphatic imine (C=N–C) groups is 2. The summed E-state index contributed by atoms with van der Waals surface area (Å²) < 4.78 is 1.03. The summed E-state index contributed by atoms with van der Waals surface area (Å²) in [6, 6.07) is 11.7. The van der Waals surface area contributed by atoms with Gasteiger partial charge in [-0.15, -0.1) is 0 Å². The van der Waals surface area contributed by atoms with Gasteiger partial charge >= 0.3 is 0 Å². The molecule has 0 spiro atoms. The summed E-state index contributed by atoms with van der Waals surface area (Å²) >= 11 is 3.43. The lowest BCUT2D eigenvalue weighted by Gasteiger charge is -2.01. The summed E-state index contributed by atoms with van der Waals surface area (Å²) in [6.07, 6.45) is 0. The molecule has 0 aliphatic heterocycles. The molecule has 0 radical (unpaired) electrons. The molecule has 18 heavy (non-hydrogen) atoms. The number of benzene rings is 2. The van der Waals surface area contributed by atoms with Gasteiger partial charge in [-0.2, -0.15) is 4.99 Å². The second kappa shape index (κ2) is 5.05. The largest absolute Gasteiger partial charge is 0.370 e. The van der Waals surface area contributed by atoms with Gasteiger partial charge < -0.3 is 17.2 Å². The lowest BCUT2D eigenvalue weighted by Crippen LogP contribution is -2.26. The van der Waals surface area contributed by atoms with Crippen LogP contribution in [0.3, 0.4) is 0 Å². The highest BCUT2D eigenvalue weighted by molar-refractivity contribution is 9.10. The Morgan fingerprint density at radius 3 is 2.33 bits per heavy atom. The molecule has 0 heterocycles. The van der Waals surface area contributed by atoms with Crippen LogP contribution in [-0.2, 0) is 0 Å². The van der Waals surface area contributed by atoms with Crippen molar-refractivity contribution in [2.45, 2.75) is 0 Å². The molecule has 0 fully saturated rings. The summed E-state index contributed by atoms with van der Waals surface area (Å²) in [5.74, 6) is -0.0765. The Morgan fingerprint density at radius 2 is 1.61 bits per heavy atom. The van der Waals surface area contributed by atoms with E-state index < -0.39 is 0 Å². The standard InChI is InChI=1S/C12H12BrN5/c13-9-3-1-8-6-10(4-2-7(8)5-9)17-12(16)18-11(14)15/h1-6H,(H6,14,15,16,17,18). The molecule has 92 valence electrons. The van der Waals surface area contributed by atoms with Crippen molar-refractivity contribution in [3.63, 3.8) is 0 Å². The van der Waals surface area contributed by atoms with E-state index in [0.29, 0.717) is 5.69 Å². The van der Waals surface area contributed by atoms with Gasteiger partial charge in [-0.25, -0.2) is 4.99 Å². The lowest BCUT2D eigenvalue weighted by molar-refractivity contribution is 1.39. The normalized spacial score (nSPS) is 11.5. The van der Waals surface area contributed by atoms with Gasteiger partial charge in [0.15, 0.2) is 5.96 Å². The maximum Gasteiger partial charge on any atom is 0.223 e. The first-order valence-corrected chi connectivity index (χ1v) is 5.97. The van der Waals surface area contributed by atoms with Crippen molar-refractivity contribution in [2.24, 2.45) is 27.2 Å². The SMILES string of the molecule is NC(N)=NC(N)=Nc1ccc2cc(Br)ccc2c1. The topological polar surface area (TPSA) is 103 Å². The fourth-order valence-corrected chi connectivity index (χ4v) is 1.94. The Hall–Kier alpha value is -2.08. The Balaban J connectivity index is 2.42. The average Bonchev–Trinajstić information content (AvgIpc) is 2.28. The van der Waals surface area contributed by atoms with Crippen molar-refractivity contribution < 1.29 is 0 Å². The second-order valence-corrected chi connectivity index (χ2v) is 4.60. The van der Waals surface area contributed by atoms with E-state index in [4.69, 9.17) is 17.2 Å².